The molecule has 2 rings (SSSR count). The summed E-state index contributed by atoms with van der Waals surface area (Å²) in [4.78, 5) is 23.8. The molecular formula is C13H14BrFN2O3. The van der Waals surface area contributed by atoms with Gasteiger partial charge in [-0.25, -0.2) is 4.39 Å². The Morgan fingerprint density at radius 3 is 2.75 bits per heavy atom. The molecule has 1 atom stereocenters. The summed E-state index contributed by atoms with van der Waals surface area (Å²) in [6.07, 6.45) is 0.309. The largest absolute Gasteiger partial charge is 0.378 e. The lowest BCUT2D eigenvalue weighted by molar-refractivity contribution is -0.124. The van der Waals surface area contributed by atoms with Crippen molar-refractivity contribution in [1.29, 1.82) is 0 Å². The van der Waals surface area contributed by atoms with Gasteiger partial charge < -0.3 is 15.8 Å². The number of nitrogens with one attached hydrogen (secondary N) is 1. The summed E-state index contributed by atoms with van der Waals surface area (Å²) in [5, 5.41) is 2.58. The number of amides is 2. The highest BCUT2D eigenvalue weighted by atomic mass is 79.9. The van der Waals surface area contributed by atoms with E-state index >= 15 is 0 Å². The zero-order valence-electron chi connectivity index (χ0n) is 10.8. The van der Waals surface area contributed by atoms with Crippen molar-refractivity contribution in [2.45, 2.75) is 18.9 Å². The molecule has 1 unspecified atom stereocenters. The summed E-state index contributed by atoms with van der Waals surface area (Å²) in [6.45, 7) is 2.05. The van der Waals surface area contributed by atoms with Crippen LogP contribution in [0.2, 0.25) is 0 Å². The molecule has 1 heterocycles. The Bertz CT molecular complexity index is 571. The highest BCUT2D eigenvalue weighted by Gasteiger charge is 2.42. The van der Waals surface area contributed by atoms with E-state index in [1.165, 1.54) is 6.07 Å². The quantitative estimate of drug-likeness (QED) is 0.866. The zero-order chi connectivity index (χ0) is 14.9. The van der Waals surface area contributed by atoms with Crippen molar-refractivity contribution in [2.75, 3.05) is 13.2 Å². The van der Waals surface area contributed by atoms with E-state index in [4.69, 9.17) is 10.5 Å². The van der Waals surface area contributed by atoms with Gasteiger partial charge in [-0.15, -0.1) is 0 Å². The van der Waals surface area contributed by atoms with Crippen LogP contribution in [0.4, 0.5) is 4.39 Å². The van der Waals surface area contributed by atoms with Gasteiger partial charge in [0.15, 0.2) is 0 Å². The highest BCUT2D eigenvalue weighted by Crippen LogP contribution is 2.24. The van der Waals surface area contributed by atoms with Crippen LogP contribution in [0.3, 0.4) is 0 Å². The van der Waals surface area contributed by atoms with Crippen LogP contribution in [0.15, 0.2) is 16.6 Å². The predicted octanol–water partition coefficient (Wildman–Crippen LogP) is 1.27. The number of primary amides is 1. The van der Waals surface area contributed by atoms with Crippen LogP contribution in [-0.4, -0.2) is 30.6 Å². The van der Waals surface area contributed by atoms with Gasteiger partial charge in [-0.3, -0.25) is 9.59 Å². The molecule has 0 saturated carbocycles. The van der Waals surface area contributed by atoms with Crippen molar-refractivity contribution < 1.29 is 18.7 Å². The number of benzene rings is 1. The molecule has 0 aliphatic carbocycles. The summed E-state index contributed by atoms with van der Waals surface area (Å²) < 4.78 is 19.0. The van der Waals surface area contributed by atoms with Crippen molar-refractivity contribution >= 4 is 27.7 Å². The Hall–Kier alpha value is -1.47. The maximum absolute atomic E-state index is 13.4. The smallest absolute Gasteiger partial charge is 0.252 e. The zero-order valence-corrected chi connectivity index (χ0v) is 12.4. The first-order valence-electron chi connectivity index (χ1n) is 6.01. The molecule has 0 radical (unpaired) electrons. The van der Waals surface area contributed by atoms with Crippen molar-refractivity contribution in [3.8, 4) is 0 Å². The molecule has 20 heavy (non-hydrogen) atoms. The molecular weight excluding hydrogens is 331 g/mol. The average molecular weight is 345 g/mol. The molecule has 3 N–H and O–H groups in total. The second-order valence-corrected chi connectivity index (χ2v) is 5.62. The minimum atomic E-state index is -1.22. The standard InChI is InChI=1S/C13H14BrFN2O3/c1-7-9(4-8(15)5-10(7)14)11(18)17-13(12(16)19)2-3-20-6-13/h4-5H,2-3,6H2,1H3,(H2,16,19)(H,17,18). The van der Waals surface area contributed by atoms with Crippen molar-refractivity contribution in [2.24, 2.45) is 5.73 Å². The van der Waals surface area contributed by atoms with Crippen LogP contribution in [0.5, 0.6) is 0 Å². The Balaban J connectivity index is 2.30. The molecule has 1 aliphatic rings. The van der Waals surface area contributed by atoms with Gasteiger partial charge in [-0.1, -0.05) is 15.9 Å². The van der Waals surface area contributed by atoms with E-state index in [0.717, 1.165) is 6.07 Å². The van der Waals surface area contributed by atoms with E-state index in [0.29, 0.717) is 23.1 Å². The molecule has 1 aliphatic heterocycles. The minimum Gasteiger partial charge on any atom is -0.378 e. The lowest BCUT2D eigenvalue weighted by Gasteiger charge is -2.25. The van der Waals surface area contributed by atoms with E-state index in [2.05, 4.69) is 21.2 Å². The molecule has 0 bridgehead atoms. The number of halogens is 2. The number of carbonyl (C=O) groups excluding carboxylic acids is 2. The molecule has 5 nitrogen and oxygen atoms in total. The van der Waals surface area contributed by atoms with Gasteiger partial charge in [-0.2, -0.15) is 0 Å². The molecule has 0 aromatic heterocycles. The molecule has 108 valence electrons. The van der Waals surface area contributed by atoms with E-state index in [-0.39, 0.29) is 12.2 Å². The first-order chi connectivity index (χ1) is 9.35. The maximum Gasteiger partial charge on any atom is 0.252 e. The fraction of sp³-hybridized carbons (Fsp3) is 0.385. The normalized spacial score (nSPS) is 21.8. The number of ether oxygens (including phenoxy) is 1. The van der Waals surface area contributed by atoms with Gasteiger partial charge in [0.2, 0.25) is 5.91 Å². The Morgan fingerprint density at radius 2 is 2.20 bits per heavy atom. The molecule has 7 heteroatoms. The van der Waals surface area contributed by atoms with Crippen LogP contribution >= 0.6 is 15.9 Å². The second-order valence-electron chi connectivity index (χ2n) is 4.76. The molecule has 1 aromatic carbocycles. The Labute approximate surface area is 123 Å². The summed E-state index contributed by atoms with van der Waals surface area (Å²) in [5.74, 6) is -1.74. The summed E-state index contributed by atoms with van der Waals surface area (Å²) in [5.41, 5.74) is 4.86. The van der Waals surface area contributed by atoms with Crippen LogP contribution in [0, 0.1) is 12.7 Å². The number of hydrogen-bond acceptors (Lipinski definition) is 3. The van der Waals surface area contributed by atoms with Crippen LogP contribution in [0.1, 0.15) is 22.3 Å². The fourth-order valence-corrected chi connectivity index (χ4v) is 2.52. The number of nitrogens with two attached hydrogens (primary N) is 1. The van der Waals surface area contributed by atoms with E-state index in [9.17, 15) is 14.0 Å². The Kier molecular flexibility index (Phi) is 4.10. The van der Waals surface area contributed by atoms with Gasteiger partial charge in [0.25, 0.3) is 5.91 Å². The SMILES string of the molecule is Cc1c(Br)cc(F)cc1C(=O)NC1(C(N)=O)CCOC1. The highest BCUT2D eigenvalue weighted by molar-refractivity contribution is 9.10. The first-order valence-corrected chi connectivity index (χ1v) is 6.81. The third-order valence-electron chi connectivity index (χ3n) is 3.40. The molecule has 1 saturated heterocycles. The topological polar surface area (TPSA) is 81.4 Å². The van der Waals surface area contributed by atoms with Crippen LogP contribution in [0.25, 0.3) is 0 Å². The first kappa shape index (κ1) is 14.9. The third-order valence-corrected chi connectivity index (χ3v) is 4.22. The third kappa shape index (κ3) is 2.69. The van der Waals surface area contributed by atoms with Crippen LogP contribution in [-0.2, 0) is 9.53 Å². The van der Waals surface area contributed by atoms with Gasteiger partial charge in [-0.05, 0) is 24.6 Å². The number of hydrogen-bond donors (Lipinski definition) is 2. The van der Waals surface area contributed by atoms with E-state index in [1.54, 1.807) is 6.92 Å². The van der Waals surface area contributed by atoms with Crippen molar-refractivity contribution in [3.63, 3.8) is 0 Å². The average Bonchev–Trinajstić information content (AvgIpc) is 2.83. The second kappa shape index (κ2) is 5.49. The van der Waals surface area contributed by atoms with E-state index in [1.807, 2.05) is 0 Å². The lowest BCUT2D eigenvalue weighted by Crippen LogP contribution is -2.58. The van der Waals surface area contributed by atoms with Crippen molar-refractivity contribution in [3.05, 3.63) is 33.5 Å². The molecule has 1 fully saturated rings. The number of rotatable bonds is 3. The molecule has 0 spiro atoms. The summed E-state index contributed by atoms with van der Waals surface area (Å²) in [6, 6.07) is 2.40. The minimum absolute atomic E-state index is 0.0314. The maximum atomic E-state index is 13.4. The molecule has 2 amide bonds. The summed E-state index contributed by atoms with van der Waals surface area (Å²) >= 11 is 3.18. The molecule has 1 aromatic rings. The summed E-state index contributed by atoms with van der Waals surface area (Å²) in [7, 11) is 0. The van der Waals surface area contributed by atoms with E-state index < -0.39 is 23.2 Å². The lowest BCUT2D eigenvalue weighted by atomic mass is 9.96. The van der Waals surface area contributed by atoms with Gasteiger partial charge in [0.1, 0.15) is 11.4 Å². The fourth-order valence-electron chi connectivity index (χ4n) is 2.09. The predicted molar refractivity (Wildman–Crippen MR) is 73.7 cm³/mol. The number of carbonyl (C=O) groups is 2. The van der Waals surface area contributed by atoms with Crippen LogP contribution < -0.4 is 11.1 Å². The monoisotopic (exact) mass is 344 g/mol. The van der Waals surface area contributed by atoms with Gasteiger partial charge >= 0.3 is 0 Å². The van der Waals surface area contributed by atoms with Crippen molar-refractivity contribution in [1.82, 2.24) is 5.32 Å². The van der Waals surface area contributed by atoms with Gasteiger partial charge in [0, 0.05) is 23.1 Å². The van der Waals surface area contributed by atoms with Gasteiger partial charge in [0.05, 0.1) is 6.61 Å². The Morgan fingerprint density at radius 1 is 1.50 bits per heavy atom.